The van der Waals surface area contributed by atoms with Crippen LogP contribution in [0.25, 0.3) is 0 Å². The van der Waals surface area contributed by atoms with Crippen LogP contribution in [0, 0.1) is 0 Å². The second-order valence-corrected chi connectivity index (χ2v) is 4.68. The lowest BCUT2D eigenvalue weighted by Crippen LogP contribution is -2.41. The number of hydrogen-bond acceptors (Lipinski definition) is 3. The van der Waals surface area contributed by atoms with E-state index in [1.807, 2.05) is 19.1 Å². The first-order valence-electron chi connectivity index (χ1n) is 5.99. The molecule has 1 aromatic carbocycles. The molecule has 106 valence electrons. The largest absolute Gasteiger partial charge is 0.389 e. The number of ether oxygens (including phenoxy) is 1. The van der Waals surface area contributed by atoms with Gasteiger partial charge >= 0.3 is 6.03 Å². The third-order valence-corrected chi connectivity index (χ3v) is 2.79. The van der Waals surface area contributed by atoms with E-state index in [4.69, 9.17) is 16.3 Å². The lowest BCUT2D eigenvalue weighted by Gasteiger charge is -2.16. The van der Waals surface area contributed by atoms with E-state index in [9.17, 15) is 9.90 Å². The van der Waals surface area contributed by atoms with Crippen LogP contribution in [0.1, 0.15) is 18.5 Å². The van der Waals surface area contributed by atoms with Crippen molar-refractivity contribution in [3.05, 3.63) is 34.9 Å². The molecule has 0 spiro atoms. The summed E-state index contributed by atoms with van der Waals surface area (Å²) >= 11 is 5.89. The van der Waals surface area contributed by atoms with Crippen LogP contribution in [0.15, 0.2) is 24.3 Å². The summed E-state index contributed by atoms with van der Waals surface area (Å²) in [5.41, 5.74) is 0.917. The van der Waals surface area contributed by atoms with Crippen LogP contribution in [0.3, 0.4) is 0 Å². The van der Waals surface area contributed by atoms with Gasteiger partial charge in [0.05, 0.1) is 18.8 Å². The molecule has 3 N–H and O–H groups in total. The lowest BCUT2D eigenvalue weighted by atomic mass is 10.1. The normalized spacial score (nSPS) is 13.7. The number of urea groups is 1. The summed E-state index contributed by atoms with van der Waals surface area (Å²) in [6.07, 6.45) is -0.711. The third kappa shape index (κ3) is 5.92. The summed E-state index contributed by atoms with van der Waals surface area (Å²) < 4.78 is 4.76. The van der Waals surface area contributed by atoms with E-state index in [1.54, 1.807) is 12.1 Å². The Labute approximate surface area is 117 Å². The summed E-state index contributed by atoms with van der Waals surface area (Å²) in [4.78, 5) is 11.6. The third-order valence-electron chi connectivity index (χ3n) is 2.55. The maximum absolute atomic E-state index is 11.6. The first-order chi connectivity index (χ1) is 9.02. The summed E-state index contributed by atoms with van der Waals surface area (Å²) in [5.74, 6) is 0. The number of amides is 2. The molecular formula is C13H19ClN2O3. The summed E-state index contributed by atoms with van der Waals surface area (Å²) in [6.45, 7) is 2.18. The first-order valence-corrected chi connectivity index (χ1v) is 6.37. The summed E-state index contributed by atoms with van der Waals surface area (Å²) in [5, 5.41) is 15.4. The topological polar surface area (TPSA) is 70.6 Å². The molecule has 1 aromatic rings. The molecule has 0 saturated heterocycles. The average molecular weight is 287 g/mol. The van der Waals surface area contributed by atoms with Crippen molar-refractivity contribution in [2.24, 2.45) is 0 Å². The molecule has 2 unspecified atom stereocenters. The molecule has 0 radical (unpaired) electrons. The van der Waals surface area contributed by atoms with Crippen LogP contribution in [0.4, 0.5) is 4.79 Å². The molecule has 2 amide bonds. The predicted octanol–water partition coefficient (Wildman–Crippen LogP) is 1.71. The van der Waals surface area contributed by atoms with Crippen molar-refractivity contribution in [2.75, 3.05) is 20.3 Å². The zero-order chi connectivity index (χ0) is 14.3. The zero-order valence-electron chi connectivity index (χ0n) is 11.0. The molecule has 0 fully saturated rings. The predicted molar refractivity (Wildman–Crippen MR) is 74.3 cm³/mol. The highest BCUT2D eigenvalue weighted by molar-refractivity contribution is 6.30. The Balaban J connectivity index is 2.40. The standard InChI is InChI=1S/C13H19ClN2O3/c1-9(10-4-3-5-11(14)6-10)16-13(18)15-7-12(17)8-19-2/h3-6,9,12,17H,7-8H2,1-2H3,(H2,15,16,18). The molecular weight excluding hydrogens is 268 g/mol. The van der Waals surface area contributed by atoms with Crippen LogP contribution in [0.2, 0.25) is 5.02 Å². The highest BCUT2D eigenvalue weighted by Gasteiger charge is 2.11. The Morgan fingerprint density at radius 1 is 1.53 bits per heavy atom. The van der Waals surface area contributed by atoms with Crippen LogP contribution in [-0.2, 0) is 4.74 Å². The van der Waals surface area contributed by atoms with Gasteiger partial charge in [0.15, 0.2) is 0 Å². The number of carbonyl (C=O) groups excluding carboxylic acids is 1. The van der Waals surface area contributed by atoms with Crippen molar-refractivity contribution in [2.45, 2.75) is 19.1 Å². The Kier molecular flexibility index (Phi) is 6.62. The molecule has 1 rings (SSSR count). The molecule has 0 heterocycles. The number of aliphatic hydroxyl groups is 1. The molecule has 6 heteroatoms. The van der Waals surface area contributed by atoms with E-state index in [2.05, 4.69) is 10.6 Å². The smallest absolute Gasteiger partial charge is 0.315 e. The number of methoxy groups -OCH3 is 1. The fourth-order valence-electron chi connectivity index (χ4n) is 1.57. The van der Waals surface area contributed by atoms with Gasteiger partial charge < -0.3 is 20.5 Å². The number of benzene rings is 1. The molecule has 0 saturated carbocycles. The quantitative estimate of drug-likeness (QED) is 0.745. The SMILES string of the molecule is COCC(O)CNC(=O)NC(C)c1cccc(Cl)c1. The molecule has 2 atom stereocenters. The highest BCUT2D eigenvalue weighted by atomic mass is 35.5. The van der Waals surface area contributed by atoms with Gasteiger partial charge in [0, 0.05) is 18.7 Å². The van der Waals surface area contributed by atoms with Crippen molar-refractivity contribution < 1.29 is 14.6 Å². The zero-order valence-corrected chi connectivity index (χ0v) is 11.8. The monoisotopic (exact) mass is 286 g/mol. The van der Waals surface area contributed by atoms with Crippen molar-refractivity contribution >= 4 is 17.6 Å². The average Bonchev–Trinajstić information content (AvgIpc) is 2.36. The van der Waals surface area contributed by atoms with Gasteiger partial charge in [-0.1, -0.05) is 23.7 Å². The Morgan fingerprint density at radius 2 is 2.26 bits per heavy atom. The first kappa shape index (κ1) is 15.8. The van der Waals surface area contributed by atoms with Crippen LogP contribution in [0.5, 0.6) is 0 Å². The van der Waals surface area contributed by atoms with Crippen LogP contribution in [-0.4, -0.2) is 37.5 Å². The Hall–Kier alpha value is -1.30. The van der Waals surface area contributed by atoms with Crippen LogP contribution >= 0.6 is 11.6 Å². The minimum absolute atomic E-state index is 0.141. The summed E-state index contributed by atoms with van der Waals surface area (Å²) in [7, 11) is 1.49. The molecule has 5 nitrogen and oxygen atoms in total. The van der Waals surface area contributed by atoms with Gasteiger partial charge in [0.1, 0.15) is 0 Å². The van der Waals surface area contributed by atoms with Crippen molar-refractivity contribution in [3.8, 4) is 0 Å². The number of hydrogen-bond donors (Lipinski definition) is 3. The van der Waals surface area contributed by atoms with Crippen LogP contribution < -0.4 is 10.6 Å². The van der Waals surface area contributed by atoms with Gasteiger partial charge in [0.25, 0.3) is 0 Å². The van der Waals surface area contributed by atoms with Crippen molar-refractivity contribution in [1.82, 2.24) is 10.6 Å². The van der Waals surface area contributed by atoms with Crippen molar-refractivity contribution in [3.63, 3.8) is 0 Å². The van der Waals surface area contributed by atoms with Gasteiger partial charge in [-0.25, -0.2) is 4.79 Å². The molecule has 0 bridgehead atoms. The fourth-order valence-corrected chi connectivity index (χ4v) is 1.77. The molecule has 0 aliphatic carbocycles. The highest BCUT2D eigenvalue weighted by Crippen LogP contribution is 2.16. The number of nitrogens with one attached hydrogen (secondary N) is 2. The molecule has 19 heavy (non-hydrogen) atoms. The van der Waals surface area contributed by atoms with E-state index in [0.29, 0.717) is 5.02 Å². The number of halogens is 1. The molecule has 0 aliphatic rings. The second-order valence-electron chi connectivity index (χ2n) is 4.24. The Morgan fingerprint density at radius 3 is 2.89 bits per heavy atom. The minimum atomic E-state index is -0.711. The minimum Gasteiger partial charge on any atom is -0.389 e. The van der Waals surface area contributed by atoms with Crippen molar-refractivity contribution in [1.29, 1.82) is 0 Å². The fraction of sp³-hybridized carbons (Fsp3) is 0.462. The van der Waals surface area contributed by atoms with Gasteiger partial charge in [-0.05, 0) is 24.6 Å². The van der Waals surface area contributed by atoms with E-state index in [1.165, 1.54) is 7.11 Å². The van der Waals surface area contributed by atoms with E-state index in [-0.39, 0.29) is 25.2 Å². The summed E-state index contributed by atoms with van der Waals surface area (Å²) in [6, 6.07) is 6.78. The Bertz CT molecular complexity index is 415. The van der Waals surface area contributed by atoms with E-state index < -0.39 is 6.10 Å². The van der Waals surface area contributed by atoms with E-state index >= 15 is 0 Å². The van der Waals surface area contributed by atoms with Gasteiger partial charge in [-0.15, -0.1) is 0 Å². The second kappa shape index (κ2) is 7.99. The van der Waals surface area contributed by atoms with Gasteiger partial charge in [-0.3, -0.25) is 0 Å². The maximum atomic E-state index is 11.6. The molecule has 0 aliphatic heterocycles. The lowest BCUT2D eigenvalue weighted by molar-refractivity contribution is 0.0659. The number of carbonyl (C=O) groups is 1. The van der Waals surface area contributed by atoms with E-state index in [0.717, 1.165) is 5.56 Å². The number of rotatable bonds is 6. The van der Waals surface area contributed by atoms with Gasteiger partial charge in [0.2, 0.25) is 0 Å². The maximum Gasteiger partial charge on any atom is 0.315 e. The van der Waals surface area contributed by atoms with Gasteiger partial charge in [-0.2, -0.15) is 0 Å². The molecule has 0 aromatic heterocycles. The number of aliphatic hydroxyl groups excluding tert-OH is 1.